The van der Waals surface area contributed by atoms with Crippen LogP contribution >= 0.6 is 15.9 Å². The highest BCUT2D eigenvalue weighted by Crippen LogP contribution is 2.35. The first-order valence-corrected chi connectivity index (χ1v) is 12.1. The molecule has 0 spiro atoms. The number of hydrogen-bond donors (Lipinski definition) is 0. The van der Waals surface area contributed by atoms with Crippen molar-refractivity contribution in [3.05, 3.63) is 46.7 Å². The number of nitrogens with zero attached hydrogens (tertiary/aromatic N) is 5. The average molecular weight is 568 g/mol. The second-order valence-electron chi connectivity index (χ2n) is 9.53. The summed E-state index contributed by atoms with van der Waals surface area (Å²) in [6, 6.07) is 6.74. The summed E-state index contributed by atoms with van der Waals surface area (Å²) in [6.07, 6.45) is -1.34. The van der Waals surface area contributed by atoms with Crippen molar-refractivity contribution in [2.45, 2.75) is 51.4 Å². The summed E-state index contributed by atoms with van der Waals surface area (Å²) in [7, 11) is 0. The number of carbonyl (C=O) groups excluding carboxylic acids is 2. The Balaban J connectivity index is 1.56. The minimum Gasteiger partial charge on any atom is -0.444 e. The smallest absolute Gasteiger partial charge is 0.433 e. The Kier molecular flexibility index (Phi) is 7.00. The molecule has 36 heavy (non-hydrogen) atoms. The van der Waals surface area contributed by atoms with E-state index in [0.717, 1.165) is 11.0 Å². The minimum atomic E-state index is -4.63. The highest BCUT2D eigenvalue weighted by Gasteiger charge is 2.33. The highest BCUT2D eigenvalue weighted by atomic mass is 79.9. The maximum atomic E-state index is 13.1. The first-order valence-electron chi connectivity index (χ1n) is 11.3. The van der Waals surface area contributed by atoms with Crippen LogP contribution in [0.25, 0.3) is 10.9 Å². The third-order valence-electron chi connectivity index (χ3n) is 5.71. The number of hydrogen-bond acceptors (Lipinski definition) is 5. The molecule has 192 valence electrons. The van der Waals surface area contributed by atoms with Gasteiger partial charge in [-0.05, 0) is 73.8 Å². The molecule has 0 saturated carbocycles. The van der Waals surface area contributed by atoms with E-state index in [0.29, 0.717) is 53.4 Å². The first-order chi connectivity index (χ1) is 16.9. The van der Waals surface area contributed by atoms with Gasteiger partial charge in [-0.3, -0.25) is 14.4 Å². The molecule has 4 rings (SSSR count). The number of likely N-dealkylation sites (tertiary alicyclic amines) is 1. The standard InChI is InChI=1S/C24H25BrF3N5O3/c1-23(2,3)36-22(35)31-9-7-16(8-10-31)33-13-15-11-17(12-18(25)21(15)30-33)32(14-34)20-6-4-5-19(29-20)24(26,27)28/h4-6,11-14,16H,7-10H2,1-3H3. The van der Waals surface area contributed by atoms with E-state index < -0.39 is 17.5 Å². The van der Waals surface area contributed by atoms with Gasteiger partial charge in [0.2, 0.25) is 6.41 Å². The molecule has 1 aromatic carbocycles. The van der Waals surface area contributed by atoms with Crippen LogP contribution in [0.15, 0.2) is 41.0 Å². The SMILES string of the molecule is CC(C)(C)OC(=O)N1CCC(n2cc3cc(N(C=O)c4cccc(C(F)(F)F)n4)cc(Br)c3n2)CC1. The van der Waals surface area contributed by atoms with Gasteiger partial charge in [-0.15, -0.1) is 0 Å². The Morgan fingerprint density at radius 3 is 2.50 bits per heavy atom. The van der Waals surface area contributed by atoms with Gasteiger partial charge in [-0.2, -0.15) is 18.3 Å². The zero-order valence-electron chi connectivity index (χ0n) is 19.9. The van der Waals surface area contributed by atoms with E-state index in [-0.39, 0.29) is 18.0 Å². The quantitative estimate of drug-likeness (QED) is 0.357. The van der Waals surface area contributed by atoms with Gasteiger partial charge in [0.25, 0.3) is 0 Å². The van der Waals surface area contributed by atoms with Gasteiger partial charge in [0.15, 0.2) is 0 Å². The third kappa shape index (κ3) is 5.63. The molecule has 1 fully saturated rings. The number of alkyl halides is 3. The number of anilines is 2. The fourth-order valence-electron chi connectivity index (χ4n) is 4.02. The van der Waals surface area contributed by atoms with Crippen LogP contribution in [-0.2, 0) is 15.7 Å². The Labute approximate surface area is 214 Å². The summed E-state index contributed by atoms with van der Waals surface area (Å²) >= 11 is 3.47. The molecule has 1 saturated heterocycles. The van der Waals surface area contributed by atoms with Gasteiger partial charge in [-0.1, -0.05) is 6.07 Å². The summed E-state index contributed by atoms with van der Waals surface area (Å²) < 4.78 is 47.2. The Bertz CT molecular complexity index is 1280. The molecule has 0 atom stereocenters. The fraction of sp³-hybridized carbons (Fsp3) is 0.417. The van der Waals surface area contributed by atoms with Crippen molar-refractivity contribution in [3.8, 4) is 0 Å². The highest BCUT2D eigenvalue weighted by molar-refractivity contribution is 9.10. The molecule has 2 aromatic heterocycles. The molecule has 0 radical (unpaired) electrons. The van der Waals surface area contributed by atoms with Crippen molar-refractivity contribution in [2.24, 2.45) is 0 Å². The lowest BCUT2D eigenvalue weighted by molar-refractivity contribution is -0.141. The van der Waals surface area contributed by atoms with E-state index >= 15 is 0 Å². The van der Waals surface area contributed by atoms with Crippen LogP contribution < -0.4 is 4.90 Å². The van der Waals surface area contributed by atoms with Crippen molar-refractivity contribution in [1.29, 1.82) is 0 Å². The van der Waals surface area contributed by atoms with Crippen LogP contribution in [0, 0.1) is 0 Å². The Morgan fingerprint density at radius 1 is 1.19 bits per heavy atom. The van der Waals surface area contributed by atoms with Crippen molar-refractivity contribution >= 4 is 50.8 Å². The molecule has 1 aliphatic heterocycles. The number of ether oxygens (including phenoxy) is 1. The number of halogens is 4. The molecular formula is C24H25BrF3N5O3. The van der Waals surface area contributed by atoms with Gasteiger partial charge in [0.1, 0.15) is 22.6 Å². The average Bonchev–Trinajstić information content (AvgIpc) is 3.23. The molecule has 8 nitrogen and oxygen atoms in total. The number of rotatable bonds is 4. The molecule has 3 heterocycles. The topological polar surface area (TPSA) is 80.6 Å². The van der Waals surface area contributed by atoms with Gasteiger partial charge < -0.3 is 9.64 Å². The molecule has 0 aliphatic carbocycles. The molecule has 0 bridgehead atoms. The van der Waals surface area contributed by atoms with Crippen molar-refractivity contribution in [3.63, 3.8) is 0 Å². The summed E-state index contributed by atoms with van der Waals surface area (Å²) in [5.74, 6) is -0.145. The lowest BCUT2D eigenvalue weighted by Crippen LogP contribution is -2.42. The van der Waals surface area contributed by atoms with Crippen molar-refractivity contribution in [1.82, 2.24) is 19.7 Å². The Morgan fingerprint density at radius 2 is 1.89 bits per heavy atom. The molecule has 12 heteroatoms. The number of pyridine rings is 1. The second kappa shape index (κ2) is 9.72. The maximum Gasteiger partial charge on any atom is 0.433 e. The fourth-order valence-corrected chi connectivity index (χ4v) is 4.57. The lowest BCUT2D eigenvalue weighted by atomic mass is 10.1. The second-order valence-corrected chi connectivity index (χ2v) is 10.4. The predicted octanol–water partition coefficient (Wildman–Crippen LogP) is 6.08. The van der Waals surface area contributed by atoms with Crippen molar-refractivity contribution in [2.75, 3.05) is 18.0 Å². The third-order valence-corrected chi connectivity index (χ3v) is 6.31. The van der Waals surface area contributed by atoms with Crippen LogP contribution in [0.5, 0.6) is 0 Å². The molecule has 0 N–H and O–H groups in total. The van der Waals surface area contributed by atoms with Crippen LogP contribution in [0.1, 0.15) is 45.3 Å². The number of piperidine rings is 1. The minimum absolute atomic E-state index is 0.0544. The summed E-state index contributed by atoms with van der Waals surface area (Å²) in [5.41, 5.74) is -0.652. The largest absolute Gasteiger partial charge is 0.444 e. The first kappa shape index (κ1) is 25.9. The lowest BCUT2D eigenvalue weighted by Gasteiger charge is -2.33. The Hall–Kier alpha value is -3.15. The van der Waals surface area contributed by atoms with E-state index in [4.69, 9.17) is 4.74 Å². The number of benzene rings is 1. The van der Waals surface area contributed by atoms with E-state index in [2.05, 4.69) is 26.0 Å². The molecular weight excluding hydrogens is 543 g/mol. The molecule has 3 aromatic rings. The number of aromatic nitrogens is 3. The van der Waals surface area contributed by atoms with E-state index in [1.165, 1.54) is 12.1 Å². The monoisotopic (exact) mass is 567 g/mol. The van der Waals surface area contributed by atoms with Crippen LogP contribution in [0.4, 0.5) is 29.5 Å². The molecule has 1 aliphatic rings. The summed E-state index contributed by atoms with van der Waals surface area (Å²) in [4.78, 5) is 30.6. The number of carbonyl (C=O) groups is 2. The van der Waals surface area contributed by atoms with Gasteiger partial charge >= 0.3 is 12.3 Å². The van der Waals surface area contributed by atoms with Crippen LogP contribution in [-0.4, -0.2) is 50.9 Å². The summed E-state index contributed by atoms with van der Waals surface area (Å²) in [5, 5.41) is 5.38. The van der Waals surface area contributed by atoms with Crippen LogP contribution in [0.2, 0.25) is 0 Å². The zero-order chi connectivity index (χ0) is 26.3. The normalized spacial score (nSPS) is 15.2. The van der Waals surface area contributed by atoms with Crippen molar-refractivity contribution < 1.29 is 27.5 Å². The van der Waals surface area contributed by atoms with Crippen LogP contribution in [0.3, 0.4) is 0 Å². The number of amides is 2. The summed E-state index contributed by atoms with van der Waals surface area (Å²) in [6.45, 7) is 6.54. The molecule has 2 amide bonds. The van der Waals surface area contributed by atoms with E-state index in [1.54, 1.807) is 17.0 Å². The zero-order valence-corrected chi connectivity index (χ0v) is 21.5. The van der Waals surface area contributed by atoms with Gasteiger partial charge in [0, 0.05) is 29.1 Å². The predicted molar refractivity (Wildman–Crippen MR) is 131 cm³/mol. The van der Waals surface area contributed by atoms with Gasteiger partial charge in [-0.25, -0.2) is 9.78 Å². The molecule has 0 unspecified atom stereocenters. The van der Waals surface area contributed by atoms with E-state index in [1.807, 2.05) is 31.6 Å². The maximum absolute atomic E-state index is 13.1. The van der Waals surface area contributed by atoms with Gasteiger partial charge in [0.05, 0.1) is 11.7 Å². The van der Waals surface area contributed by atoms with E-state index in [9.17, 15) is 22.8 Å². The number of fused-ring (bicyclic) bond motifs is 1.